The lowest BCUT2D eigenvalue weighted by Gasteiger charge is -2.45. The van der Waals surface area contributed by atoms with Crippen LogP contribution in [0, 0.1) is 11.8 Å². The van der Waals surface area contributed by atoms with Crippen molar-refractivity contribution in [1.29, 1.82) is 0 Å². The van der Waals surface area contributed by atoms with E-state index in [2.05, 4.69) is 59.2 Å². The summed E-state index contributed by atoms with van der Waals surface area (Å²) < 4.78 is 0. The highest BCUT2D eigenvalue weighted by Crippen LogP contribution is 2.55. The van der Waals surface area contributed by atoms with Crippen LogP contribution in [0.4, 0.5) is 0 Å². The molecule has 2 amide bonds. The Kier molecular flexibility index (Phi) is 4.00. The van der Waals surface area contributed by atoms with E-state index in [0.29, 0.717) is 24.3 Å². The third-order valence-corrected chi connectivity index (χ3v) is 6.36. The number of benzene rings is 2. The van der Waals surface area contributed by atoms with Crippen LogP contribution in [0.25, 0.3) is 0 Å². The molecule has 0 aromatic heterocycles. The third-order valence-electron chi connectivity index (χ3n) is 6.36. The van der Waals surface area contributed by atoms with Crippen molar-refractivity contribution >= 4 is 11.8 Å². The normalized spacial score (nSPS) is 24.7. The predicted octanol–water partition coefficient (Wildman–Crippen LogP) is 2.93. The largest absolute Gasteiger partial charge is 0.354 e. The van der Waals surface area contributed by atoms with Crippen LogP contribution in [0.15, 0.2) is 48.5 Å². The van der Waals surface area contributed by atoms with Crippen LogP contribution in [0.2, 0.25) is 0 Å². The number of fused-ring (bicyclic) bond motifs is 1. The van der Waals surface area contributed by atoms with Gasteiger partial charge in [0.2, 0.25) is 11.8 Å². The quantitative estimate of drug-likeness (QED) is 0.861. The molecule has 4 nitrogen and oxygen atoms in total. The highest BCUT2D eigenvalue weighted by atomic mass is 16.2. The molecule has 0 spiro atoms. The molecule has 2 N–H and O–H groups in total. The van der Waals surface area contributed by atoms with Gasteiger partial charge in [-0.15, -0.1) is 0 Å². The molecule has 2 bridgehead atoms. The predicted molar refractivity (Wildman–Crippen MR) is 103 cm³/mol. The summed E-state index contributed by atoms with van der Waals surface area (Å²) in [4.78, 5) is 23.9. The monoisotopic (exact) mass is 360 g/mol. The molecule has 2 aromatic rings. The molecule has 0 saturated heterocycles. The van der Waals surface area contributed by atoms with Crippen LogP contribution < -0.4 is 10.6 Å². The van der Waals surface area contributed by atoms with Crippen LogP contribution in [-0.4, -0.2) is 24.9 Å². The van der Waals surface area contributed by atoms with Gasteiger partial charge < -0.3 is 10.6 Å². The van der Waals surface area contributed by atoms with Gasteiger partial charge in [-0.3, -0.25) is 9.59 Å². The van der Waals surface area contributed by atoms with Crippen molar-refractivity contribution in [1.82, 2.24) is 10.6 Å². The van der Waals surface area contributed by atoms with Crippen molar-refractivity contribution in [2.24, 2.45) is 11.8 Å². The van der Waals surface area contributed by atoms with E-state index < -0.39 is 0 Å². The SMILES string of the molecule is O=C(CNC(=O)C1CC1)NC[C@@H]1CC2c3ccccc3C1c1ccccc12. The van der Waals surface area contributed by atoms with E-state index >= 15 is 0 Å². The highest BCUT2D eigenvalue weighted by Gasteiger charge is 2.42. The molecule has 0 heterocycles. The third kappa shape index (κ3) is 2.93. The van der Waals surface area contributed by atoms with E-state index in [4.69, 9.17) is 0 Å². The van der Waals surface area contributed by atoms with Crippen molar-refractivity contribution in [3.63, 3.8) is 0 Å². The summed E-state index contributed by atoms with van der Waals surface area (Å²) in [5.41, 5.74) is 5.71. The fourth-order valence-corrected chi connectivity index (χ4v) is 4.92. The van der Waals surface area contributed by atoms with Crippen molar-refractivity contribution in [3.05, 3.63) is 70.8 Å². The fraction of sp³-hybridized carbons (Fsp3) is 0.391. The summed E-state index contributed by atoms with van der Waals surface area (Å²) >= 11 is 0. The molecule has 4 heteroatoms. The molecular weight excluding hydrogens is 336 g/mol. The van der Waals surface area contributed by atoms with Crippen LogP contribution in [0.5, 0.6) is 0 Å². The van der Waals surface area contributed by atoms with Crippen LogP contribution in [-0.2, 0) is 9.59 Å². The van der Waals surface area contributed by atoms with E-state index in [9.17, 15) is 9.59 Å². The average molecular weight is 360 g/mol. The van der Waals surface area contributed by atoms with Gasteiger partial charge in [0, 0.05) is 24.3 Å². The number of hydrogen-bond donors (Lipinski definition) is 2. The summed E-state index contributed by atoms with van der Waals surface area (Å²) in [6, 6.07) is 17.5. The second kappa shape index (κ2) is 6.52. The number of amides is 2. The summed E-state index contributed by atoms with van der Waals surface area (Å²) in [6.07, 6.45) is 2.97. The molecule has 138 valence electrons. The molecule has 1 atom stereocenters. The number of carbonyl (C=O) groups is 2. The van der Waals surface area contributed by atoms with Gasteiger partial charge >= 0.3 is 0 Å². The Morgan fingerprint density at radius 2 is 1.44 bits per heavy atom. The van der Waals surface area contributed by atoms with Gasteiger partial charge in [-0.2, -0.15) is 0 Å². The summed E-state index contributed by atoms with van der Waals surface area (Å²) in [5.74, 6) is 1.21. The molecule has 4 aliphatic rings. The van der Waals surface area contributed by atoms with E-state index in [1.54, 1.807) is 0 Å². The maximum atomic E-state index is 12.2. The first-order valence-electron chi connectivity index (χ1n) is 9.94. The minimum absolute atomic E-state index is 0.0183. The van der Waals surface area contributed by atoms with Gasteiger partial charge in [-0.05, 0) is 47.4 Å². The fourth-order valence-electron chi connectivity index (χ4n) is 4.92. The van der Waals surface area contributed by atoms with Crippen molar-refractivity contribution < 1.29 is 9.59 Å². The molecule has 4 aliphatic carbocycles. The van der Waals surface area contributed by atoms with E-state index in [0.717, 1.165) is 19.3 Å². The highest BCUT2D eigenvalue weighted by molar-refractivity contribution is 5.86. The van der Waals surface area contributed by atoms with Gasteiger partial charge in [-0.1, -0.05) is 48.5 Å². The van der Waals surface area contributed by atoms with Gasteiger partial charge in [-0.25, -0.2) is 0 Å². The molecule has 1 saturated carbocycles. The zero-order valence-electron chi connectivity index (χ0n) is 15.3. The molecular formula is C23H24N2O2. The standard InChI is InChI=1S/C23H24N2O2/c26-21(13-25-23(27)14-9-10-14)24-12-15-11-20-16-5-1-3-7-18(16)22(15)19-8-4-2-6-17(19)20/h1-8,14-15,20,22H,9-13H2,(H,24,26)(H,25,27)/t15-,20?,22?/m0/s1. The first kappa shape index (κ1) is 16.5. The second-order valence-corrected chi connectivity index (χ2v) is 8.08. The Morgan fingerprint density at radius 3 is 2.04 bits per heavy atom. The number of carbonyl (C=O) groups excluding carboxylic acids is 2. The zero-order chi connectivity index (χ0) is 18.4. The molecule has 0 radical (unpaired) electrons. The van der Waals surface area contributed by atoms with E-state index in [-0.39, 0.29) is 24.3 Å². The Labute approximate surface area is 159 Å². The second-order valence-electron chi connectivity index (χ2n) is 8.08. The lowest BCUT2D eigenvalue weighted by atomic mass is 9.59. The maximum Gasteiger partial charge on any atom is 0.239 e. The molecule has 27 heavy (non-hydrogen) atoms. The summed E-state index contributed by atoms with van der Waals surface area (Å²) in [7, 11) is 0. The first-order valence-corrected chi connectivity index (χ1v) is 9.94. The Balaban J connectivity index is 1.30. The van der Waals surface area contributed by atoms with Gasteiger partial charge in [0.15, 0.2) is 0 Å². The molecule has 6 rings (SSSR count). The number of nitrogens with one attached hydrogen (secondary N) is 2. The summed E-state index contributed by atoms with van der Waals surface area (Å²) in [5, 5.41) is 5.81. The van der Waals surface area contributed by atoms with Crippen molar-refractivity contribution in [3.8, 4) is 0 Å². The van der Waals surface area contributed by atoms with E-state index in [1.165, 1.54) is 22.3 Å². The Morgan fingerprint density at radius 1 is 0.852 bits per heavy atom. The zero-order valence-corrected chi connectivity index (χ0v) is 15.3. The average Bonchev–Trinajstić information content (AvgIpc) is 3.56. The Hall–Kier alpha value is -2.62. The van der Waals surface area contributed by atoms with E-state index in [1.807, 2.05) is 0 Å². The molecule has 0 aliphatic heterocycles. The van der Waals surface area contributed by atoms with Gasteiger partial charge in [0.25, 0.3) is 0 Å². The van der Waals surface area contributed by atoms with Crippen LogP contribution in [0.3, 0.4) is 0 Å². The number of rotatable bonds is 5. The summed E-state index contributed by atoms with van der Waals surface area (Å²) in [6.45, 7) is 0.741. The van der Waals surface area contributed by atoms with Gasteiger partial charge in [0.1, 0.15) is 0 Å². The van der Waals surface area contributed by atoms with Crippen LogP contribution in [0.1, 0.15) is 53.4 Å². The maximum absolute atomic E-state index is 12.2. The van der Waals surface area contributed by atoms with Crippen LogP contribution >= 0.6 is 0 Å². The Bertz CT molecular complexity index is 855. The number of hydrogen-bond acceptors (Lipinski definition) is 2. The molecule has 2 aromatic carbocycles. The van der Waals surface area contributed by atoms with Crippen molar-refractivity contribution in [2.75, 3.05) is 13.1 Å². The minimum Gasteiger partial charge on any atom is -0.354 e. The first-order chi connectivity index (χ1) is 13.2. The molecule has 0 unspecified atom stereocenters. The topological polar surface area (TPSA) is 58.2 Å². The smallest absolute Gasteiger partial charge is 0.239 e. The molecule has 1 fully saturated rings. The van der Waals surface area contributed by atoms with Crippen molar-refractivity contribution in [2.45, 2.75) is 31.1 Å². The lowest BCUT2D eigenvalue weighted by Crippen LogP contribution is -2.42. The lowest BCUT2D eigenvalue weighted by molar-refractivity contribution is -0.126. The van der Waals surface area contributed by atoms with Gasteiger partial charge in [0.05, 0.1) is 6.54 Å². The minimum atomic E-state index is -0.0907.